The first-order valence-electron chi connectivity index (χ1n) is 5.78. The summed E-state index contributed by atoms with van der Waals surface area (Å²) in [4.78, 5) is 12.7. The van der Waals surface area contributed by atoms with Gasteiger partial charge in [0.2, 0.25) is 0 Å². The van der Waals surface area contributed by atoms with Crippen molar-refractivity contribution in [2.24, 2.45) is 0 Å². The summed E-state index contributed by atoms with van der Waals surface area (Å²) >= 11 is 5.61. The highest BCUT2D eigenvalue weighted by Crippen LogP contribution is 2.10. The van der Waals surface area contributed by atoms with Gasteiger partial charge in [-0.05, 0) is 25.0 Å². The molecule has 1 N–H and O–H groups in total. The van der Waals surface area contributed by atoms with E-state index in [2.05, 4.69) is 20.3 Å². The summed E-state index contributed by atoms with van der Waals surface area (Å²) in [5.41, 5.74) is 1.50. The van der Waals surface area contributed by atoms with Crippen molar-refractivity contribution < 1.29 is 0 Å². The number of halogens is 1. The molecule has 2 aromatic rings. The van der Waals surface area contributed by atoms with Gasteiger partial charge in [-0.25, -0.2) is 9.97 Å². The van der Waals surface area contributed by atoms with Gasteiger partial charge in [-0.3, -0.25) is 4.98 Å². The molecule has 0 aliphatic rings. The summed E-state index contributed by atoms with van der Waals surface area (Å²) in [6.07, 6.45) is 6.64. The molecule has 90 valence electrons. The second-order valence-corrected chi connectivity index (χ2v) is 4.15. The number of aromatic nitrogens is 3. The Hall–Kier alpha value is -1.42. The van der Waals surface area contributed by atoms with Crippen LogP contribution in [0.25, 0.3) is 11.2 Å². The maximum Gasteiger partial charge on any atom is 0.180 e. The molecule has 0 fully saturated rings. The van der Waals surface area contributed by atoms with E-state index in [1.54, 1.807) is 12.4 Å². The highest BCUT2D eigenvalue weighted by molar-refractivity contribution is 6.17. The molecular weight excluding hydrogens is 236 g/mol. The fourth-order valence-corrected chi connectivity index (χ4v) is 1.75. The van der Waals surface area contributed by atoms with Crippen molar-refractivity contribution in [3.05, 3.63) is 24.5 Å². The Morgan fingerprint density at radius 2 is 1.94 bits per heavy atom. The van der Waals surface area contributed by atoms with Gasteiger partial charge in [0.1, 0.15) is 11.3 Å². The van der Waals surface area contributed by atoms with E-state index in [0.717, 1.165) is 43.0 Å². The Kier molecular flexibility index (Phi) is 4.50. The van der Waals surface area contributed by atoms with Gasteiger partial charge >= 0.3 is 0 Å². The first kappa shape index (κ1) is 12.0. The largest absolute Gasteiger partial charge is 0.370 e. The SMILES string of the molecule is ClCCCCCNc1ccc2nccnc2n1. The van der Waals surface area contributed by atoms with Crippen LogP contribution < -0.4 is 5.32 Å². The second-order valence-electron chi connectivity index (χ2n) is 3.77. The second kappa shape index (κ2) is 6.35. The zero-order chi connectivity index (χ0) is 11.9. The van der Waals surface area contributed by atoms with Crippen LogP contribution in [0.3, 0.4) is 0 Å². The molecule has 0 saturated carbocycles. The lowest BCUT2D eigenvalue weighted by atomic mass is 10.2. The average Bonchev–Trinajstić information content (AvgIpc) is 2.38. The number of fused-ring (bicyclic) bond motifs is 1. The van der Waals surface area contributed by atoms with Crippen LogP contribution in [0.15, 0.2) is 24.5 Å². The summed E-state index contributed by atoms with van der Waals surface area (Å²) in [7, 11) is 0. The van der Waals surface area contributed by atoms with Crippen molar-refractivity contribution in [1.82, 2.24) is 15.0 Å². The smallest absolute Gasteiger partial charge is 0.180 e. The Balaban J connectivity index is 1.90. The molecule has 0 amide bonds. The van der Waals surface area contributed by atoms with E-state index >= 15 is 0 Å². The van der Waals surface area contributed by atoms with Crippen LogP contribution in [-0.4, -0.2) is 27.4 Å². The number of nitrogens with zero attached hydrogens (tertiary/aromatic N) is 3. The quantitative estimate of drug-likeness (QED) is 0.633. The molecule has 0 unspecified atom stereocenters. The molecule has 0 radical (unpaired) electrons. The molecule has 0 aliphatic heterocycles. The van der Waals surface area contributed by atoms with Crippen LogP contribution in [-0.2, 0) is 0 Å². The van der Waals surface area contributed by atoms with Gasteiger partial charge in [-0.1, -0.05) is 6.42 Å². The zero-order valence-corrected chi connectivity index (χ0v) is 10.3. The lowest BCUT2D eigenvalue weighted by molar-refractivity contribution is 0.746. The first-order chi connectivity index (χ1) is 8.40. The number of unbranched alkanes of at least 4 members (excludes halogenated alkanes) is 2. The van der Waals surface area contributed by atoms with E-state index in [-0.39, 0.29) is 0 Å². The van der Waals surface area contributed by atoms with Crippen LogP contribution in [0.4, 0.5) is 5.82 Å². The molecule has 4 nitrogen and oxygen atoms in total. The Bertz CT molecular complexity index is 475. The van der Waals surface area contributed by atoms with Gasteiger partial charge < -0.3 is 5.32 Å². The van der Waals surface area contributed by atoms with Gasteiger partial charge in [-0.15, -0.1) is 11.6 Å². The number of pyridine rings is 1. The molecule has 2 aromatic heterocycles. The summed E-state index contributed by atoms with van der Waals surface area (Å²) < 4.78 is 0. The third-order valence-electron chi connectivity index (χ3n) is 2.45. The van der Waals surface area contributed by atoms with Crippen LogP contribution in [0.2, 0.25) is 0 Å². The third-order valence-corrected chi connectivity index (χ3v) is 2.72. The van der Waals surface area contributed by atoms with Crippen molar-refractivity contribution in [2.45, 2.75) is 19.3 Å². The van der Waals surface area contributed by atoms with Crippen LogP contribution >= 0.6 is 11.6 Å². The molecule has 5 heteroatoms. The van der Waals surface area contributed by atoms with Gasteiger partial charge in [0, 0.05) is 24.8 Å². The number of alkyl halides is 1. The number of anilines is 1. The number of hydrogen-bond donors (Lipinski definition) is 1. The minimum Gasteiger partial charge on any atom is -0.370 e. The monoisotopic (exact) mass is 250 g/mol. The van der Waals surface area contributed by atoms with Crippen LogP contribution in [0.5, 0.6) is 0 Å². The summed E-state index contributed by atoms with van der Waals surface area (Å²) in [5.74, 6) is 1.59. The van der Waals surface area contributed by atoms with E-state index in [4.69, 9.17) is 11.6 Å². The van der Waals surface area contributed by atoms with E-state index in [9.17, 15) is 0 Å². The molecular formula is C12H15ClN4. The van der Waals surface area contributed by atoms with E-state index < -0.39 is 0 Å². The Morgan fingerprint density at radius 3 is 2.82 bits per heavy atom. The molecule has 17 heavy (non-hydrogen) atoms. The Labute approximate surface area is 105 Å². The first-order valence-corrected chi connectivity index (χ1v) is 6.31. The van der Waals surface area contributed by atoms with Crippen LogP contribution in [0.1, 0.15) is 19.3 Å². The van der Waals surface area contributed by atoms with Gasteiger partial charge in [-0.2, -0.15) is 0 Å². The molecule has 2 heterocycles. The van der Waals surface area contributed by atoms with Crippen molar-refractivity contribution in [2.75, 3.05) is 17.7 Å². The zero-order valence-electron chi connectivity index (χ0n) is 9.56. The predicted molar refractivity (Wildman–Crippen MR) is 70.4 cm³/mol. The van der Waals surface area contributed by atoms with Crippen molar-refractivity contribution in [3.8, 4) is 0 Å². The molecule has 0 aliphatic carbocycles. The number of nitrogens with one attached hydrogen (secondary N) is 1. The van der Waals surface area contributed by atoms with Crippen molar-refractivity contribution in [1.29, 1.82) is 0 Å². The maximum absolute atomic E-state index is 5.61. The fraction of sp³-hybridized carbons (Fsp3) is 0.417. The molecule has 0 spiro atoms. The topological polar surface area (TPSA) is 50.7 Å². The van der Waals surface area contributed by atoms with Crippen molar-refractivity contribution >= 4 is 28.6 Å². The average molecular weight is 251 g/mol. The highest BCUT2D eigenvalue weighted by atomic mass is 35.5. The van der Waals surface area contributed by atoms with Crippen molar-refractivity contribution in [3.63, 3.8) is 0 Å². The molecule has 2 rings (SSSR count). The molecule has 0 bridgehead atoms. The standard InChI is InChI=1S/C12H15ClN4/c13-6-2-1-3-7-15-11-5-4-10-12(17-11)16-9-8-14-10/h4-5,8-9H,1-3,6-7H2,(H,15,16,17). The summed E-state index contributed by atoms with van der Waals surface area (Å²) in [6.45, 7) is 0.912. The van der Waals surface area contributed by atoms with E-state index in [1.165, 1.54) is 0 Å². The van der Waals surface area contributed by atoms with Crippen LogP contribution in [0, 0.1) is 0 Å². The summed E-state index contributed by atoms with van der Waals surface area (Å²) in [6, 6.07) is 3.86. The molecule has 0 aromatic carbocycles. The molecule has 0 saturated heterocycles. The van der Waals surface area contributed by atoms with Gasteiger partial charge in [0.15, 0.2) is 5.65 Å². The molecule has 0 atom stereocenters. The highest BCUT2D eigenvalue weighted by Gasteiger charge is 1.98. The number of hydrogen-bond acceptors (Lipinski definition) is 4. The Morgan fingerprint density at radius 1 is 1.06 bits per heavy atom. The van der Waals surface area contributed by atoms with Gasteiger partial charge in [0.05, 0.1) is 0 Å². The lowest BCUT2D eigenvalue weighted by Crippen LogP contribution is -2.03. The van der Waals surface area contributed by atoms with E-state index in [0.29, 0.717) is 5.65 Å². The lowest BCUT2D eigenvalue weighted by Gasteiger charge is -2.05. The van der Waals surface area contributed by atoms with E-state index in [1.807, 2.05) is 12.1 Å². The normalized spacial score (nSPS) is 10.6. The number of rotatable bonds is 6. The minimum absolute atomic E-state index is 0.679. The summed E-state index contributed by atoms with van der Waals surface area (Å²) in [5, 5.41) is 3.27. The predicted octanol–water partition coefficient (Wildman–Crippen LogP) is 2.85. The maximum atomic E-state index is 5.61. The third kappa shape index (κ3) is 3.53. The fourth-order valence-electron chi connectivity index (χ4n) is 1.57. The minimum atomic E-state index is 0.679. The van der Waals surface area contributed by atoms with Gasteiger partial charge in [0.25, 0.3) is 0 Å².